The summed E-state index contributed by atoms with van der Waals surface area (Å²) in [5.74, 6) is 0.833. The Morgan fingerprint density at radius 1 is 1.26 bits per heavy atom. The standard InChI is InChI=1S/C22H34N6O2.HI/c1-6-23-22(25-16(2)15-21-17(3)26-27(5)18(21)4)24-14-8-7-9-19-10-12-20(13-11-19)28(29)30;/h10-13,16H,6-9,14-15H2,1-5H3,(H2,23,24,25);1H. The number of nitro benzene ring substituents is 1. The highest BCUT2D eigenvalue weighted by atomic mass is 127. The van der Waals surface area contributed by atoms with Crippen LogP contribution in [-0.2, 0) is 19.9 Å². The average molecular weight is 542 g/mol. The van der Waals surface area contributed by atoms with Crippen LogP contribution in [0.2, 0.25) is 0 Å². The second kappa shape index (κ2) is 13.3. The highest BCUT2D eigenvalue weighted by Gasteiger charge is 2.14. The molecule has 0 bridgehead atoms. The molecule has 1 atom stereocenters. The van der Waals surface area contributed by atoms with Crippen LogP contribution in [0.1, 0.15) is 49.2 Å². The molecule has 2 N–H and O–H groups in total. The van der Waals surface area contributed by atoms with Crippen molar-refractivity contribution in [2.45, 2.75) is 59.4 Å². The monoisotopic (exact) mass is 542 g/mol. The smallest absolute Gasteiger partial charge is 0.269 e. The van der Waals surface area contributed by atoms with Crippen LogP contribution in [0.5, 0.6) is 0 Å². The summed E-state index contributed by atoms with van der Waals surface area (Å²) in [7, 11) is 1.98. The molecular weight excluding hydrogens is 507 g/mol. The third-order valence-corrected chi connectivity index (χ3v) is 5.19. The van der Waals surface area contributed by atoms with Crippen molar-refractivity contribution >= 4 is 35.6 Å². The minimum Gasteiger partial charge on any atom is -0.357 e. The Kier molecular flexibility index (Phi) is 11.5. The topological polar surface area (TPSA) is 97.4 Å². The number of benzene rings is 1. The molecule has 172 valence electrons. The van der Waals surface area contributed by atoms with E-state index in [0.717, 1.165) is 56.0 Å². The van der Waals surface area contributed by atoms with Crippen LogP contribution in [0.3, 0.4) is 0 Å². The Hall–Kier alpha value is -2.17. The van der Waals surface area contributed by atoms with Gasteiger partial charge in [-0.05, 0) is 64.5 Å². The van der Waals surface area contributed by atoms with Gasteiger partial charge in [0.1, 0.15) is 0 Å². The van der Waals surface area contributed by atoms with Crippen LogP contribution >= 0.6 is 24.0 Å². The van der Waals surface area contributed by atoms with Gasteiger partial charge in [-0.15, -0.1) is 24.0 Å². The van der Waals surface area contributed by atoms with E-state index in [4.69, 9.17) is 4.99 Å². The fourth-order valence-corrected chi connectivity index (χ4v) is 3.44. The maximum atomic E-state index is 10.7. The molecule has 1 aromatic heterocycles. The number of nitro groups is 1. The third-order valence-electron chi connectivity index (χ3n) is 5.19. The van der Waals surface area contributed by atoms with Crippen LogP contribution in [-0.4, -0.2) is 39.8 Å². The number of nitrogens with zero attached hydrogens (tertiary/aromatic N) is 4. The molecule has 0 aliphatic rings. The molecule has 0 saturated carbocycles. The summed E-state index contributed by atoms with van der Waals surface area (Å²) in [5, 5.41) is 22.0. The number of aryl methyl sites for hydroxylation is 3. The predicted octanol–water partition coefficient (Wildman–Crippen LogP) is 4.07. The van der Waals surface area contributed by atoms with E-state index >= 15 is 0 Å². The number of unbranched alkanes of at least 4 members (excludes halogenated alkanes) is 1. The second-order valence-corrected chi connectivity index (χ2v) is 7.66. The van der Waals surface area contributed by atoms with Gasteiger partial charge in [-0.25, -0.2) is 0 Å². The van der Waals surface area contributed by atoms with Crippen LogP contribution in [0.25, 0.3) is 0 Å². The fraction of sp³-hybridized carbons (Fsp3) is 0.545. The van der Waals surface area contributed by atoms with E-state index in [0.29, 0.717) is 0 Å². The van der Waals surface area contributed by atoms with Gasteiger partial charge in [-0.3, -0.25) is 19.8 Å². The summed E-state index contributed by atoms with van der Waals surface area (Å²) in [5.41, 5.74) is 4.82. The van der Waals surface area contributed by atoms with Gasteiger partial charge in [0.25, 0.3) is 5.69 Å². The molecule has 0 aliphatic heterocycles. The lowest BCUT2D eigenvalue weighted by atomic mass is 10.1. The molecule has 2 rings (SSSR count). The summed E-state index contributed by atoms with van der Waals surface area (Å²) in [6, 6.07) is 7.03. The van der Waals surface area contributed by atoms with Crippen LogP contribution in [0.4, 0.5) is 5.69 Å². The molecule has 0 spiro atoms. The quantitative estimate of drug-likeness (QED) is 0.118. The first-order chi connectivity index (χ1) is 14.3. The molecule has 1 heterocycles. The number of hydrogen-bond acceptors (Lipinski definition) is 4. The largest absolute Gasteiger partial charge is 0.357 e. The lowest BCUT2D eigenvalue weighted by molar-refractivity contribution is -0.384. The minimum atomic E-state index is -0.369. The van der Waals surface area contributed by atoms with Crippen LogP contribution in [0, 0.1) is 24.0 Å². The van der Waals surface area contributed by atoms with Crippen molar-refractivity contribution in [2.24, 2.45) is 12.0 Å². The molecule has 31 heavy (non-hydrogen) atoms. The minimum absolute atomic E-state index is 0. The van der Waals surface area contributed by atoms with Crippen molar-refractivity contribution in [3.8, 4) is 0 Å². The summed E-state index contributed by atoms with van der Waals surface area (Å²) >= 11 is 0. The van der Waals surface area contributed by atoms with E-state index in [1.807, 2.05) is 23.9 Å². The van der Waals surface area contributed by atoms with Gasteiger partial charge in [0, 0.05) is 44.0 Å². The van der Waals surface area contributed by atoms with E-state index < -0.39 is 0 Å². The zero-order valence-corrected chi connectivity index (χ0v) is 21.5. The first kappa shape index (κ1) is 26.9. The lowest BCUT2D eigenvalue weighted by Crippen LogP contribution is -2.43. The van der Waals surface area contributed by atoms with E-state index in [1.54, 1.807) is 12.1 Å². The lowest BCUT2D eigenvalue weighted by Gasteiger charge is -2.18. The van der Waals surface area contributed by atoms with Crippen LogP contribution in [0.15, 0.2) is 29.3 Å². The molecule has 0 fully saturated rings. The van der Waals surface area contributed by atoms with Crippen molar-refractivity contribution in [3.63, 3.8) is 0 Å². The summed E-state index contributed by atoms with van der Waals surface area (Å²) in [4.78, 5) is 15.0. The highest BCUT2D eigenvalue weighted by molar-refractivity contribution is 14.0. The molecule has 1 aromatic carbocycles. The summed E-state index contributed by atoms with van der Waals surface area (Å²) in [6.07, 6.45) is 3.75. The van der Waals surface area contributed by atoms with Crippen molar-refractivity contribution in [1.82, 2.24) is 20.4 Å². The van der Waals surface area contributed by atoms with Gasteiger partial charge in [0.15, 0.2) is 5.96 Å². The molecule has 0 saturated heterocycles. The van der Waals surface area contributed by atoms with Crippen molar-refractivity contribution in [3.05, 3.63) is 56.9 Å². The van der Waals surface area contributed by atoms with Crippen LogP contribution < -0.4 is 10.6 Å². The van der Waals surface area contributed by atoms with Gasteiger partial charge in [0.2, 0.25) is 0 Å². The predicted molar refractivity (Wildman–Crippen MR) is 136 cm³/mol. The maximum absolute atomic E-state index is 10.7. The zero-order valence-electron chi connectivity index (χ0n) is 19.1. The highest BCUT2D eigenvalue weighted by Crippen LogP contribution is 2.15. The average Bonchev–Trinajstić information content (AvgIpc) is 2.94. The first-order valence-electron chi connectivity index (χ1n) is 10.6. The Labute approximate surface area is 202 Å². The van der Waals surface area contributed by atoms with Gasteiger partial charge >= 0.3 is 0 Å². The molecule has 9 heteroatoms. The number of guanidine groups is 1. The maximum Gasteiger partial charge on any atom is 0.269 e. The van der Waals surface area contributed by atoms with Crippen molar-refractivity contribution in [2.75, 3.05) is 13.1 Å². The summed E-state index contributed by atoms with van der Waals surface area (Å²) < 4.78 is 1.93. The molecule has 0 radical (unpaired) electrons. The normalized spacial score (nSPS) is 12.2. The van der Waals surface area contributed by atoms with Crippen molar-refractivity contribution in [1.29, 1.82) is 0 Å². The Bertz CT molecular complexity index is 864. The Morgan fingerprint density at radius 3 is 2.48 bits per heavy atom. The molecule has 2 aromatic rings. The van der Waals surface area contributed by atoms with E-state index in [-0.39, 0.29) is 40.6 Å². The molecule has 0 amide bonds. The number of halogens is 1. The Morgan fingerprint density at radius 2 is 1.94 bits per heavy atom. The third kappa shape index (κ3) is 8.47. The molecular formula is C22H35IN6O2. The van der Waals surface area contributed by atoms with Gasteiger partial charge in [0.05, 0.1) is 10.6 Å². The number of non-ortho nitro benzene ring substituents is 1. The number of hydrogen-bond donors (Lipinski definition) is 2. The molecule has 8 nitrogen and oxygen atoms in total. The number of aliphatic imine (C=N–C) groups is 1. The number of nitrogens with one attached hydrogen (secondary N) is 2. The fourth-order valence-electron chi connectivity index (χ4n) is 3.44. The number of rotatable bonds is 10. The zero-order chi connectivity index (χ0) is 22.1. The van der Waals surface area contributed by atoms with E-state index in [1.165, 1.54) is 11.3 Å². The van der Waals surface area contributed by atoms with E-state index in [9.17, 15) is 10.1 Å². The van der Waals surface area contributed by atoms with Crippen molar-refractivity contribution < 1.29 is 4.92 Å². The van der Waals surface area contributed by atoms with E-state index in [2.05, 4.69) is 43.4 Å². The van der Waals surface area contributed by atoms with Gasteiger partial charge in [-0.2, -0.15) is 5.10 Å². The Balaban J connectivity index is 0.00000480. The SMILES string of the molecule is CCNC(=NCCCCc1ccc([N+](=O)[O-])cc1)NC(C)Cc1c(C)nn(C)c1C.I. The molecule has 1 unspecified atom stereocenters. The van der Waals surface area contributed by atoms with Gasteiger partial charge < -0.3 is 10.6 Å². The molecule has 0 aliphatic carbocycles. The summed E-state index contributed by atoms with van der Waals surface area (Å²) in [6.45, 7) is 9.93. The van der Waals surface area contributed by atoms with Gasteiger partial charge in [-0.1, -0.05) is 12.1 Å². The number of aromatic nitrogens is 2. The first-order valence-corrected chi connectivity index (χ1v) is 10.6. The second-order valence-electron chi connectivity index (χ2n) is 7.66.